The van der Waals surface area contributed by atoms with E-state index < -0.39 is 0 Å². The van der Waals surface area contributed by atoms with Crippen molar-refractivity contribution in [2.75, 3.05) is 18.0 Å². The molecule has 0 saturated heterocycles. The Kier molecular flexibility index (Phi) is 4.74. The summed E-state index contributed by atoms with van der Waals surface area (Å²) in [5.41, 5.74) is 9.10. The predicted octanol–water partition coefficient (Wildman–Crippen LogP) is 3.66. The Hall–Kier alpha value is -1.87. The molecule has 0 amide bonds. The van der Waals surface area contributed by atoms with Crippen molar-refractivity contribution in [3.8, 4) is 0 Å². The Bertz CT molecular complexity index is 554. The van der Waals surface area contributed by atoms with E-state index in [1.807, 2.05) is 31.2 Å². The molecule has 2 nitrogen and oxygen atoms in total. The fourth-order valence-electron chi connectivity index (χ4n) is 2.59. The second kappa shape index (κ2) is 6.53. The third kappa shape index (κ3) is 2.99. The van der Waals surface area contributed by atoms with Crippen LogP contribution in [0, 0.1) is 12.7 Å². The molecule has 0 radical (unpaired) electrons. The fraction of sp³-hybridized carbons (Fsp3) is 0.294. The van der Waals surface area contributed by atoms with Crippen LogP contribution in [0.4, 0.5) is 10.1 Å². The van der Waals surface area contributed by atoms with Crippen LogP contribution in [0.2, 0.25) is 0 Å². The summed E-state index contributed by atoms with van der Waals surface area (Å²) >= 11 is 0. The molecule has 0 aliphatic heterocycles. The highest BCUT2D eigenvalue weighted by molar-refractivity contribution is 5.49. The normalized spacial score (nSPS) is 12.2. The van der Waals surface area contributed by atoms with E-state index in [-0.39, 0.29) is 11.9 Å². The number of hydrogen-bond donors (Lipinski definition) is 1. The molecule has 2 aromatic rings. The molecule has 0 bridgehead atoms. The first kappa shape index (κ1) is 14.5. The van der Waals surface area contributed by atoms with Crippen LogP contribution in [-0.4, -0.2) is 13.1 Å². The van der Waals surface area contributed by atoms with E-state index >= 15 is 0 Å². The van der Waals surface area contributed by atoms with Crippen LogP contribution in [0.15, 0.2) is 48.5 Å². The van der Waals surface area contributed by atoms with Gasteiger partial charge in [0.1, 0.15) is 5.82 Å². The number of nitrogens with zero attached hydrogens (tertiary/aromatic N) is 1. The maximum Gasteiger partial charge on any atom is 0.123 e. The van der Waals surface area contributed by atoms with Crippen LogP contribution in [-0.2, 0) is 0 Å². The first-order chi connectivity index (χ1) is 9.67. The summed E-state index contributed by atoms with van der Waals surface area (Å²) in [7, 11) is 0. The summed E-state index contributed by atoms with van der Waals surface area (Å²) in [5, 5.41) is 0. The Morgan fingerprint density at radius 2 is 1.85 bits per heavy atom. The Balaban J connectivity index is 2.42. The fourth-order valence-corrected chi connectivity index (χ4v) is 2.59. The third-order valence-corrected chi connectivity index (χ3v) is 3.63. The largest absolute Gasteiger partial charge is 0.363 e. The molecule has 2 aromatic carbocycles. The first-order valence-electron chi connectivity index (χ1n) is 6.95. The number of likely N-dealkylation sites (N-methyl/N-ethyl adjacent to an activating group) is 1. The number of benzene rings is 2. The van der Waals surface area contributed by atoms with Gasteiger partial charge in [-0.05, 0) is 49.2 Å². The van der Waals surface area contributed by atoms with Crippen molar-refractivity contribution >= 4 is 5.69 Å². The second-order valence-electron chi connectivity index (χ2n) is 4.87. The van der Waals surface area contributed by atoms with Crippen LogP contribution in [0.1, 0.15) is 24.1 Å². The zero-order chi connectivity index (χ0) is 14.5. The molecule has 1 atom stereocenters. The van der Waals surface area contributed by atoms with Gasteiger partial charge >= 0.3 is 0 Å². The Morgan fingerprint density at radius 1 is 1.15 bits per heavy atom. The zero-order valence-corrected chi connectivity index (χ0v) is 12.0. The molecule has 2 rings (SSSR count). The minimum atomic E-state index is -0.215. The van der Waals surface area contributed by atoms with Crippen LogP contribution >= 0.6 is 0 Å². The van der Waals surface area contributed by atoms with E-state index in [2.05, 4.69) is 24.0 Å². The Labute approximate surface area is 120 Å². The van der Waals surface area contributed by atoms with Gasteiger partial charge in [0.15, 0.2) is 0 Å². The Morgan fingerprint density at radius 3 is 2.45 bits per heavy atom. The lowest BCUT2D eigenvalue weighted by Crippen LogP contribution is -2.34. The van der Waals surface area contributed by atoms with E-state index in [9.17, 15) is 4.39 Å². The zero-order valence-electron chi connectivity index (χ0n) is 12.0. The average molecular weight is 272 g/mol. The van der Waals surface area contributed by atoms with Crippen molar-refractivity contribution in [2.45, 2.75) is 19.9 Å². The molecule has 20 heavy (non-hydrogen) atoms. The summed E-state index contributed by atoms with van der Waals surface area (Å²) in [4.78, 5) is 2.21. The first-order valence-corrected chi connectivity index (χ1v) is 6.95. The number of nitrogens with two attached hydrogens (primary N) is 1. The molecule has 106 valence electrons. The highest BCUT2D eigenvalue weighted by atomic mass is 19.1. The number of para-hydroxylation sites is 1. The van der Waals surface area contributed by atoms with Gasteiger partial charge in [-0.25, -0.2) is 4.39 Å². The third-order valence-electron chi connectivity index (χ3n) is 3.63. The maximum atomic E-state index is 13.6. The van der Waals surface area contributed by atoms with E-state index in [0.29, 0.717) is 6.54 Å². The number of hydrogen-bond acceptors (Lipinski definition) is 2. The minimum Gasteiger partial charge on any atom is -0.363 e. The minimum absolute atomic E-state index is 0.0156. The van der Waals surface area contributed by atoms with E-state index in [0.717, 1.165) is 23.4 Å². The molecule has 0 aliphatic rings. The van der Waals surface area contributed by atoms with Crippen molar-refractivity contribution < 1.29 is 4.39 Å². The molecule has 0 aliphatic carbocycles. The molecule has 0 aromatic heterocycles. The molecule has 0 heterocycles. The predicted molar refractivity (Wildman–Crippen MR) is 82.4 cm³/mol. The van der Waals surface area contributed by atoms with Gasteiger partial charge in [0, 0.05) is 18.8 Å². The highest BCUT2D eigenvalue weighted by Gasteiger charge is 2.20. The van der Waals surface area contributed by atoms with E-state index in [4.69, 9.17) is 5.73 Å². The van der Waals surface area contributed by atoms with Gasteiger partial charge in [0.25, 0.3) is 0 Å². The standard InChI is InChI=1S/C17H21FN2/c1-3-20(15-7-5-4-6-8-15)17(12-19)16-11-14(18)10-9-13(16)2/h4-11,17H,3,12,19H2,1-2H3. The van der Waals surface area contributed by atoms with Crippen LogP contribution in [0.5, 0.6) is 0 Å². The summed E-state index contributed by atoms with van der Waals surface area (Å²) in [5.74, 6) is -0.215. The summed E-state index contributed by atoms with van der Waals surface area (Å²) in [6.45, 7) is 5.36. The average Bonchev–Trinajstić information content (AvgIpc) is 2.48. The number of halogens is 1. The van der Waals surface area contributed by atoms with E-state index in [1.165, 1.54) is 6.07 Å². The second-order valence-corrected chi connectivity index (χ2v) is 4.87. The molecular weight excluding hydrogens is 251 g/mol. The molecule has 0 fully saturated rings. The smallest absolute Gasteiger partial charge is 0.123 e. The van der Waals surface area contributed by atoms with Crippen molar-refractivity contribution in [3.63, 3.8) is 0 Å². The molecular formula is C17H21FN2. The van der Waals surface area contributed by atoms with Gasteiger partial charge in [-0.15, -0.1) is 0 Å². The van der Waals surface area contributed by atoms with Gasteiger partial charge in [-0.1, -0.05) is 24.3 Å². The number of aryl methyl sites for hydroxylation is 1. The van der Waals surface area contributed by atoms with Crippen molar-refractivity contribution in [3.05, 3.63) is 65.5 Å². The summed E-state index contributed by atoms with van der Waals surface area (Å²) in [6.07, 6.45) is 0. The van der Waals surface area contributed by atoms with Crippen LogP contribution in [0.25, 0.3) is 0 Å². The topological polar surface area (TPSA) is 29.3 Å². The molecule has 0 saturated carbocycles. The van der Waals surface area contributed by atoms with Gasteiger partial charge in [0.05, 0.1) is 6.04 Å². The van der Waals surface area contributed by atoms with Gasteiger partial charge in [-0.3, -0.25) is 0 Å². The lowest BCUT2D eigenvalue weighted by atomic mass is 9.99. The molecule has 2 N–H and O–H groups in total. The van der Waals surface area contributed by atoms with E-state index in [1.54, 1.807) is 6.07 Å². The molecule has 1 unspecified atom stereocenters. The van der Waals surface area contributed by atoms with Gasteiger partial charge in [0.2, 0.25) is 0 Å². The van der Waals surface area contributed by atoms with Crippen LogP contribution < -0.4 is 10.6 Å². The van der Waals surface area contributed by atoms with Crippen molar-refractivity contribution in [1.82, 2.24) is 0 Å². The molecule has 0 spiro atoms. The lowest BCUT2D eigenvalue weighted by molar-refractivity contribution is 0.605. The van der Waals surface area contributed by atoms with Gasteiger partial charge in [-0.2, -0.15) is 0 Å². The van der Waals surface area contributed by atoms with Crippen molar-refractivity contribution in [2.24, 2.45) is 5.73 Å². The quantitative estimate of drug-likeness (QED) is 0.900. The monoisotopic (exact) mass is 272 g/mol. The highest BCUT2D eigenvalue weighted by Crippen LogP contribution is 2.28. The van der Waals surface area contributed by atoms with Crippen LogP contribution in [0.3, 0.4) is 0 Å². The summed E-state index contributed by atoms with van der Waals surface area (Å²) < 4.78 is 13.6. The SMILES string of the molecule is CCN(c1ccccc1)C(CN)c1cc(F)ccc1C. The number of anilines is 1. The summed E-state index contributed by atoms with van der Waals surface area (Å²) in [6, 6.07) is 15.0. The van der Waals surface area contributed by atoms with Gasteiger partial charge < -0.3 is 10.6 Å². The van der Waals surface area contributed by atoms with Crippen molar-refractivity contribution in [1.29, 1.82) is 0 Å². The maximum absolute atomic E-state index is 13.6. The lowest BCUT2D eigenvalue weighted by Gasteiger charge is -2.33. The molecule has 3 heteroatoms. The number of rotatable bonds is 5.